The topological polar surface area (TPSA) is 12.9 Å². The number of pyridine rings is 1. The summed E-state index contributed by atoms with van der Waals surface area (Å²) in [5.41, 5.74) is 6.52. The van der Waals surface area contributed by atoms with Crippen molar-refractivity contribution in [1.29, 1.82) is 0 Å². The molecule has 4 rings (SSSR count). The molecule has 0 radical (unpaired) electrons. The van der Waals surface area contributed by atoms with Crippen molar-refractivity contribution >= 4 is 15.9 Å². The molecule has 0 aliphatic carbocycles. The van der Waals surface area contributed by atoms with Gasteiger partial charge in [-0.05, 0) is 29.3 Å². The first kappa shape index (κ1) is 15.8. The zero-order valence-corrected chi connectivity index (χ0v) is 15.1. The number of aromatic nitrogens is 1. The number of nitrogens with zero attached hydrogens (tertiary/aromatic N) is 1. The van der Waals surface area contributed by atoms with Crippen molar-refractivity contribution in [1.82, 2.24) is 4.98 Å². The largest absolute Gasteiger partial charge is 0.248 e. The van der Waals surface area contributed by atoms with Gasteiger partial charge in [0.1, 0.15) is 0 Å². The minimum Gasteiger partial charge on any atom is -0.248 e. The van der Waals surface area contributed by atoms with Crippen molar-refractivity contribution in [3.05, 3.63) is 102 Å². The minimum atomic E-state index is 0.965. The summed E-state index contributed by atoms with van der Waals surface area (Å²) < 4.78 is 1.05. The van der Waals surface area contributed by atoms with Crippen molar-refractivity contribution < 1.29 is 0 Å². The highest BCUT2D eigenvalue weighted by Gasteiger charge is 2.10. The number of rotatable bonds is 3. The van der Waals surface area contributed by atoms with Gasteiger partial charge in [0, 0.05) is 15.6 Å². The zero-order valence-electron chi connectivity index (χ0n) is 13.6. The van der Waals surface area contributed by atoms with Gasteiger partial charge in [-0.1, -0.05) is 94.8 Å². The van der Waals surface area contributed by atoms with E-state index >= 15 is 0 Å². The van der Waals surface area contributed by atoms with E-state index in [1.54, 1.807) is 0 Å². The van der Waals surface area contributed by atoms with Crippen LogP contribution in [-0.2, 0) is 0 Å². The smallest absolute Gasteiger partial charge is 0.0727 e. The van der Waals surface area contributed by atoms with E-state index in [-0.39, 0.29) is 0 Å². The fourth-order valence-electron chi connectivity index (χ4n) is 2.89. The summed E-state index contributed by atoms with van der Waals surface area (Å²) in [6.45, 7) is 0. The molecule has 0 N–H and O–H groups in total. The molecule has 0 spiro atoms. The second kappa shape index (κ2) is 7.04. The summed E-state index contributed by atoms with van der Waals surface area (Å²) in [7, 11) is 0. The lowest BCUT2D eigenvalue weighted by atomic mass is 10.00. The molecule has 1 heterocycles. The average Bonchev–Trinajstić information content (AvgIpc) is 2.69. The van der Waals surface area contributed by atoms with Crippen LogP contribution in [0.5, 0.6) is 0 Å². The molecule has 0 bridgehead atoms. The summed E-state index contributed by atoms with van der Waals surface area (Å²) in [5.74, 6) is 0. The Morgan fingerprint density at radius 2 is 1.08 bits per heavy atom. The van der Waals surface area contributed by atoms with Gasteiger partial charge in [-0.25, -0.2) is 4.98 Å². The highest BCUT2D eigenvalue weighted by atomic mass is 79.9. The molecule has 25 heavy (non-hydrogen) atoms. The normalized spacial score (nSPS) is 10.6. The third kappa shape index (κ3) is 3.40. The third-order valence-corrected chi connectivity index (χ3v) is 4.84. The number of benzene rings is 3. The van der Waals surface area contributed by atoms with E-state index in [1.165, 1.54) is 11.1 Å². The molecule has 0 amide bonds. The Labute approximate surface area is 156 Å². The molecule has 0 fully saturated rings. The average molecular weight is 386 g/mol. The van der Waals surface area contributed by atoms with Gasteiger partial charge in [-0.15, -0.1) is 0 Å². The molecule has 0 aliphatic heterocycles. The Bertz CT molecular complexity index is 937. The van der Waals surface area contributed by atoms with E-state index < -0.39 is 0 Å². The number of halogens is 1. The van der Waals surface area contributed by atoms with Crippen molar-refractivity contribution in [3.63, 3.8) is 0 Å². The van der Waals surface area contributed by atoms with Crippen molar-refractivity contribution in [2.75, 3.05) is 0 Å². The first-order valence-corrected chi connectivity index (χ1v) is 8.98. The molecule has 0 atom stereocenters. The van der Waals surface area contributed by atoms with Crippen LogP contribution in [0.4, 0.5) is 0 Å². The van der Waals surface area contributed by atoms with E-state index in [2.05, 4.69) is 70.5 Å². The zero-order chi connectivity index (χ0) is 17.1. The Kier molecular flexibility index (Phi) is 4.45. The van der Waals surface area contributed by atoms with Gasteiger partial charge in [-0.2, -0.15) is 0 Å². The lowest BCUT2D eigenvalue weighted by molar-refractivity contribution is 1.32. The van der Waals surface area contributed by atoms with Gasteiger partial charge in [-0.3, -0.25) is 0 Å². The van der Waals surface area contributed by atoms with Crippen LogP contribution in [0.15, 0.2) is 102 Å². The summed E-state index contributed by atoms with van der Waals surface area (Å²) in [6, 6.07) is 33.3. The van der Waals surface area contributed by atoms with Gasteiger partial charge in [0.2, 0.25) is 0 Å². The van der Waals surface area contributed by atoms with E-state index in [9.17, 15) is 0 Å². The van der Waals surface area contributed by atoms with Crippen LogP contribution in [0.25, 0.3) is 33.6 Å². The van der Waals surface area contributed by atoms with Gasteiger partial charge in [0.25, 0.3) is 0 Å². The van der Waals surface area contributed by atoms with Gasteiger partial charge in [0.05, 0.1) is 11.4 Å². The molecule has 1 nitrogen and oxygen atoms in total. The number of hydrogen-bond acceptors (Lipinski definition) is 1. The van der Waals surface area contributed by atoms with Crippen LogP contribution in [-0.4, -0.2) is 4.98 Å². The van der Waals surface area contributed by atoms with Gasteiger partial charge in [0.15, 0.2) is 0 Å². The van der Waals surface area contributed by atoms with Crippen LogP contribution >= 0.6 is 15.9 Å². The maximum absolute atomic E-state index is 4.93. The van der Waals surface area contributed by atoms with Crippen LogP contribution in [0.3, 0.4) is 0 Å². The van der Waals surface area contributed by atoms with Crippen molar-refractivity contribution in [3.8, 4) is 33.6 Å². The van der Waals surface area contributed by atoms with E-state index in [1.807, 2.05) is 42.5 Å². The van der Waals surface area contributed by atoms with E-state index in [0.717, 1.165) is 27.0 Å². The van der Waals surface area contributed by atoms with Crippen LogP contribution in [0.2, 0.25) is 0 Å². The molecule has 1 aromatic heterocycles. The summed E-state index contributed by atoms with van der Waals surface area (Å²) >= 11 is 3.65. The first-order valence-electron chi connectivity index (χ1n) is 8.19. The maximum Gasteiger partial charge on any atom is 0.0727 e. The fourth-order valence-corrected chi connectivity index (χ4v) is 3.38. The first-order chi connectivity index (χ1) is 12.3. The second-order valence-corrected chi connectivity index (χ2v) is 6.69. The molecule has 120 valence electrons. The standard InChI is InChI=1S/C23H16BrN/c24-21-14-8-7-13-20(21)23-16-19(17-9-3-1-4-10-17)15-22(25-23)18-11-5-2-6-12-18/h1-16H. The monoisotopic (exact) mass is 385 g/mol. The van der Waals surface area contributed by atoms with Crippen molar-refractivity contribution in [2.24, 2.45) is 0 Å². The maximum atomic E-state index is 4.93. The van der Waals surface area contributed by atoms with Crippen LogP contribution in [0.1, 0.15) is 0 Å². The highest BCUT2D eigenvalue weighted by molar-refractivity contribution is 9.10. The molecule has 0 unspecified atom stereocenters. The molecular weight excluding hydrogens is 370 g/mol. The Balaban J connectivity index is 1.94. The Hall–Kier alpha value is -2.71. The summed E-state index contributed by atoms with van der Waals surface area (Å²) in [5, 5.41) is 0. The summed E-state index contributed by atoms with van der Waals surface area (Å²) in [4.78, 5) is 4.93. The van der Waals surface area contributed by atoms with E-state index in [0.29, 0.717) is 0 Å². The highest BCUT2D eigenvalue weighted by Crippen LogP contribution is 2.33. The van der Waals surface area contributed by atoms with Crippen LogP contribution < -0.4 is 0 Å². The molecule has 0 saturated heterocycles. The predicted octanol–water partition coefficient (Wildman–Crippen LogP) is 6.85. The quantitative estimate of drug-likeness (QED) is 0.375. The molecule has 4 aromatic rings. The number of hydrogen-bond donors (Lipinski definition) is 0. The minimum absolute atomic E-state index is 0.965. The molecule has 2 heteroatoms. The van der Waals surface area contributed by atoms with Crippen molar-refractivity contribution in [2.45, 2.75) is 0 Å². The third-order valence-electron chi connectivity index (χ3n) is 4.15. The van der Waals surface area contributed by atoms with Gasteiger partial charge >= 0.3 is 0 Å². The predicted molar refractivity (Wildman–Crippen MR) is 108 cm³/mol. The molecule has 3 aromatic carbocycles. The molecular formula is C23H16BrN. The Morgan fingerprint density at radius 3 is 1.76 bits per heavy atom. The SMILES string of the molecule is Brc1ccccc1-c1cc(-c2ccccc2)cc(-c2ccccc2)n1. The van der Waals surface area contributed by atoms with Crippen LogP contribution in [0, 0.1) is 0 Å². The second-order valence-electron chi connectivity index (χ2n) is 5.84. The van der Waals surface area contributed by atoms with E-state index in [4.69, 9.17) is 4.98 Å². The summed E-state index contributed by atoms with van der Waals surface area (Å²) in [6.07, 6.45) is 0. The lowest BCUT2D eigenvalue weighted by Gasteiger charge is -2.11. The molecule has 0 aliphatic rings. The fraction of sp³-hybridized carbons (Fsp3) is 0. The Morgan fingerprint density at radius 1 is 0.520 bits per heavy atom. The van der Waals surface area contributed by atoms with Gasteiger partial charge < -0.3 is 0 Å². The molecule has 0 saturated carbocycles. The lowest BCUT2D eigenvalue weighted by Crippen LogP contribution is -1.91.